The van der Waals surface area contributed by atoms with Crippen LogP contribution in [0, 0.1) is 0 Å². The topological polar surface area (TPSA) is 42.2 Å². The van der Waals surface area contributed by atoms with Crippen molar-refractivity contribution in [3.63, 3.8) is 0 Å². The molecule has 3 nitrogen and oxygen atoms in total. The van der Waals surface area contributed by atoms with E-state index in [-0.39, 0.29) is 11.1 Å². The van der Waals surface area contributed by atoms with Crippen LogP contribution in [0.1, 0.15) is 15.9 Å². The molecule has 1 heterocycles. The Morgan fingerprint density at radius 1 is 1.05 bits per heavy atom. The molecule has 1 aromatic heterocycles. The largest absolute Gasteiger partial charge is 0.478 e. The van der Waals surface area contributed by atoms with Crippen LogP contribution >= 0.6 is 0 Å². The lowest BCUT2D eigenvalue weighted by atomic mass is 10.1. The summed E-state index contributed by atoms with van der Waals surface area (Å²) in [6.45, 7) is -0.606. The number of aromatic carboxylic acids is 1. The highest BCUT2D eigenvalue weighted by molar-refractivity contribution is 6.03. The molecular weight excluding hydrogens is 288 g/mol. The molecule has 0 atom stereocenters. The zero-order valence-corrected chi connectivity index (χ0v) is 11.5. The Morgan fingerprint density at radius 2 is 1.68 bits per heavy atom. The summed E-state index contributed by atoms with van der Waals surface area (Å²) in [6.07, 6.45) is 1.27. The quantitative estimate of drug-likeness (QED) is 0.787. The highest BCUT2D eigenvalue weighted by atomic mass is 19.3. The van der Waals surface area contributed by atoms with Crippen LogP contribution in [0.3, 0.4) is 0 Å². The molecule has 0 aliphatic rings. The molecule has 0 aliphatic heterocycles. The van der Waals surface area contributed by atoms with Gasteiger partial charge in [0.15, 0.2) is 0 Å². The average molecular weight is 301 g/mol. The molecule has 0 radical (unpaired) electrons. The van der Waals surface area contributed by atoms with Crippen molar-refractivity contribution in [2.24, 2.45) is 0 Å². The first-order valence-corrected chi connectivity index (χ1v) is 6.73. The van der Waals surface area contributed by atoms with E-state index >= 15 is 0 Å². The van der Waals surface area contributed by atoms with E-state index < -0.39 is 18.4 Å². The second-order valence-electron chi connectivity index (χ2n) is 5.06. The van der Waals surface area contributed by atoms with E-state index in [1.54, 1.807) is 42.5 Å². The predicted octanol–water partition coefficient (Wildman–Crippen LogP) is 4.13. The van der Waals surface area contributed by atoms with Crippen molar-refractivity contribution in [2.45, 2.75) is 12.5 Å². The van der Waals surface area contributed by atoms with Gasteiger partial charge in [0.1, 0.15) is 0 Å². The molecule has 112 valence electrons. The summed E-state index contributed by atoms with van der Waals surface area (Å²) in [5, 5.41) is 9.67. The second-order valence-corrected chi connectivity index (χ2v) is 5.06. The van der Waals surface area contributed by atoms with Gasteiger partial charge >= 0.3 is 5.97 Å². The van der Waals surface area contributed by atoms with Crippen molar-refractivity contribution in [3.8, 4) is 0 Å². The Morgan fingerprint density at radius 3 is 2.36 bits per heavy atom. The van der Waals surface area contributed by atoms with Crippen molar-refractivity contribution in [2.75, 3.05) is 0 Å². The highest BCUT2D eigenvalue weighted by Crippen LogP contribution is 2.32. The van der Waals surface area contributed by atoms with Crippen molar-refractivity contribution in [1.82, 2.24) is 4.57 Å². The van der Waals surface area contributed by atoms with Gasteiger partial charge in [-0.25, -0.2) is 4.79 Å². The molecule has 3 aromatic rings. The molecule has 22 heavy (non-hydrogen) atoms. The van der Waals surface area contributed by atoms with Crippen LogP contribution in [-0.4, -0.2) is 15.6 Å². The lowest BCUT2D eigenvalue weighted by molar-refractivity contribution is -0.0211. The minimum atomic E-state index is -3.08. The van der Waals surface area contributed by atoms with Crippen LogP contribution in [-0.2, 0) is 12.5 Å². The maximum absolute atomic E-state index is 14.4. The summed E-state index contributed by atoms with van der Waals surface area (Å²) in [5.74, 6) is -4.21. The Bertz CT molecular complexity index is 825. The normalized spacial score (nSPS) is 11.7. The molecule has 0 fully saturated rings. The Kier molecular flexibility index (Phi) is 3.41. The van der Waals surface area contributed by atoms with Crippen LogP contribution in [0.15, 0.2) is 60.8 Å². The van der Waals surface area contributed by atoms with Gasteiger partial charge in [-0.2, -0.15) is 8.78 Å². The molecule has 0 unspecified atom stereocenters. The third kappa shape index (κ3) is 2.45. The summed E-state index contributed by atoms with van der Waals surface area (Å²) < 4.78 is 30.1. The van der Waals surface area contributed by atoms with Crippen molar-refractivity contribution >= 4 is 16.9 Å². The Labute approximate surface area is 125 Å². The first-order valence-electron chi connectivity index (χ1n) is 6.73. The highest BCUT2D eigenvalue weighted by Gasteiger charge is 2.32. The Balaban J connectivity index is 2.06. The van der Waals surface area contributed by atoms with Crippen molar-refractivity contribution in [3.05, 3.63) is 71.9 Å². The number of carboxylic acid groups (broad SMARTS) is 1. The van der Waals surface area contributed by atoms with Gasteiger partial charge < -0.3 is 9.67 Å². The van der Waals surface area contributed by atoms with E-state index in [0.717, 1.165) is 0 Å². The maximum atomic E-state index is 14.4. The van der Waals surface area contributed by atoms with E-state index in [2.05, 4.69) is 0 Å². The van der Waals surface area contributed by atoms with E-state index in [4.69, 9.17) is 0 Å². The summed E-state index contributed by atoms with van der Waals surface area (Å²) in [7, 11) is 0. The molecule has 0 saturated carbocycles. The van der Waals surface area contributed by atoms with E-state index in [1.165, 1.54) is 22.9 Å². The molecular formula is C17H13F2NO2. The molecule has 0 aliphatic carbocycles. The lowest BCUT2D eigenvalue weighted by Crippen LogP contribution is -2.20. The van der Waals surface area contributed by atoms with Crippen molar-refractivity contribution < 1.29 is 18.7 Å². The van der Waals surface area contributed by atoms with Gasteiger partial charge in [0, 0.05) is 22.7 Å². The minimum absolute atomic E-state index is 0.0273. The number of rotatable bonds is 4. The fraction of sp³-hybridized carbons (Fsp3) is 0.118. The van der Waals surface area contributed by atoms with Crippen LogP contribution in [0.25, 0.3) is 10.9 Å². The molecule has 5 heteroatoms. The lowest BCUT2D eigenvalue weighted by Gasteiger charge is -2.18. The molecule has 1 N–H and O–H groups in total. The number of para-hydroxylation sites is 1. The fourth-order valence-corrected chi connectivity index (χ4v) is 2.54. The molecule has 0 bridgehead atoms. The standard InChI is InChI=1S/C17H13F2NO2/c18-17(19,12-6-2-1-3-7-12)11-20-10-14(16(21)22)13-8-4-5-9-15(13)20/h1-10H,11H2,(H,21,22). The maximum Gasteiger partial charge on any atom is 0.337 e. The summed E-state index contributed by atoms with van der Waals surface area (Å²) in [6, 6.07) is 14.2. The smallest absolute Gasteiger partial charge is 0.337 e. The first-order chi connectivity index (χ1) is 10.5. The molecule has 0 spiro atoms. The monoisotopic (exact) mass is 301 g/mol. The summed E-state index contributed by atoms with van der Waals surface area (Å²) >= 11 is 0. The minimum Gasteiger partial charge on any atom is -0.478 e. The number of carboxylic acids is 1. The van der Waals surface area contributed by atoms with Gasteiger partial charge in [-0.3, -0.25) is 0 Å². The zero-order chi connectivity index (χ0) is 15.7. The zero-order valence-electron chi connectivity index (χ0n) is 11.5. The van der Waals surface area contributed by atoms with Gasteiger partial charge in [0.05, 0.1) is 12.1 Å². The number of hydrogen-bond acceptors (Lipinski definition) is 1. The van der Waals surface area contributed by atoms with E-state index in [0.29, 0.717) is 10.9 Å². The number of carbonyl (C=O) groups is 1. The number of nitrogens with zero attached hydrogens (tertiary/aromatic N) is 1. The second kappa shape index (κ2) is 5.26. The third-order valence-corrected chi connectivity index (χ3v) is 3.58. The predicted molar refractivity (Wildman–Crippen MR) is 79.2 cm³/mol. The third-order valence-electron chi connectivity index (χ3n) is 3.58. The molecule has 2 aromatic carbocycles. The van der Waals surface area contributed by atoms with Crippen molar-refractivity contribution in [1.29, 1.82) is 0 Å². The summed E-state index contributed by atoms with van der Waals surface area (Å²) in [4.78, 5) is 11.3. The number of hydrogen-bond donors (Lipinski definition) is 1. The van der Waals surface area contributed by atoms with E-state index in [1.807, 2.05) is 0 Å². The van der Waals surface area contributed by atoms with Gasteiger partial charge in [0.2, 0.25) is 0 Å². The van der Waals surface area contributed by atoms with Gasteiger partial charge in [-0.05, 0) is 6.07 Å². The average Bonchev–Trinajstić information content (AvgIpc) is 2.87. The number of halogens is 2. The molecule has 0 saturated heterocycles. The SMILES string of the molecule is O=C(O)c1cn(CC(F)(F)c2ccccc2)c2ccccc12. The molecule has 0 amide bonds. The first kappa shape index (κ1) is 14.3. The Hall–Kier alpha value is -2.69. The van der Waals surface area contributed by atoms with Crippen LogP contribution in [0.2, 0.25) is 0 Å². The summed E-state index contributed by atoms with van der Waals surface area (Å²) in [5.41, 5.74) is 0.416. The van der Waals surface area contributed by atoms with E-state index in [9.17, 15) is 18.7 Å². The van der Waals surface area contributed by atoms with Gasteiger partial charge in [-0.1, -0.05) is 48.5 Å². The number of aromatic nitrogens is 1. The number of alkyl halides is 2. The van der Waals surface area contributed by atoms with Gasteiger partial charge in [0.25, 0.3) is 5.92 Å². The van der Waals surface area contributed by atoms with Gasteiger partial charge in [-0.15, -0.1) is 0 Å². The number of fused-ring (bicyclic) bond motifs is 1. The van der Waals surface area contributed by atoms with Crippen LogP contribution in [0.5, 0.6) is 0 Å². The van der Waals surface area contributed by atoms with Crippen LogP contribution in [0.4, 0.5) is 8.78 Å². The molecule has 3 rings (SSSR count). The van der Waals surface area contributed by atoms with Crippen LogP contribution < -0.4 is 0 Å². The fourth-order valence-electron chi connectivity index (χ4n) is 2.54. The number of benzene rings is 2.